The summed E-state index contributed by atoms with van der Waals surface area (Å²) in [5.41, 5.74) is 2.61. The molecule has 3 aromatic rings. The molecule has 0 bridgehead atoms. The third kappa shape index (κ3) is 7.78. The predicted octanol–water partition coefficient (Wildman–Crippen LogP) is 6.07. The second-order valence-electron chi connectivity index (χ2n) is 11.5. The van der Waals surface area contributed by atoms with Crippen molar-refractivity contribution in [1.29, 1.82) is 0 Å². The first-order valence-corrected chi connectivity index (χ1v) is 14.6. The van der Waals surface area contributed by atoms with Crippen LogP contribution in [0.5, 0.6) is 0 Å². The molecule has 1 aliphatic rings. The highest BCUT2D eigenvalue weighted by molar-refractivity contribution is 6.42. The maximum Gasteiger partial charge on any atom is 0.410 e. The summed E-state index contributed by atoms with van der Waals surface area (Å²) < 4.78 is 7.28. The van der Waals surface area contributed by atoms with Gasteiger partial charge in [-0.25, -0.2) is 9.48 Å². The zero-order chi connectivity index (χ0) is 29.9. The Morgan fingerprint density at radius 1 is 1.02 bits per heavy atom. The highest BCUT2D eigenvalue weighted by Crippen LogP contribution is 2.24. The number of hydrogen-bond donors (Lipinski definition) is 0. The quantitative estimate of drug-likeness (QED) is 0.327. The Morgan fingerprint density at radius 2 is 1.68 bits per heavy atom. The van der Waals surface area contributed by atoms with E-state index in [4.69, 9.17) is 27.9 Å². The van der Waals surface area contributed by atoms with E-state index in [1.165, 1.54) is 0 Å². The van der Waals surface area contributed by atoms with Gasteiger partial charge in [-0.2, -0.15) is 0 Å². The van der Waals surface area contributed by atoms with Crippen LogP contribution < -0.4 is 0 Å². The second kappa shape index (κ2) is 12.8. The van der Waals surface area contributed by atoms with Crippen LogP contribution in [0.15, 0.2) is 48.7 Å². The third-order valence-electron chi connectivity index (χ3n) is 7.04. The summed E-state index contributed by atoms with van der Waals surface area (Å²) in [5, 5.41) is 9.66. The largest absolute Gasteiger partial charge is 0.444 e. The van der Waals surface area contributed by atoms with Crippen LogP contribution in [0.2, 0.25) is 10.0 Å². The van der Waals surface area contributed by atoms with Gasteiger partial charge in [0.25, 0.3) is 5.91 Å². The molecular weight excluding hydrogens is 563 g/mol. The van der Waals surface area contributed by atoms with Crippen molar-refractivity contribution in [3.05, 3.63) is 75.5 Å². The van der Waals surface area contributed by atoms with Gasteiger partial charge in [-0.1, -0.05) is 34.5 Å². The molecule has 41 heavy (non-hydrogen) atoms. The molecule has 0 aliphatic carbocycles. The number of amides is 2. The number of carbonyl (C=O) groups excluding carboxylic acids is 2. The fourth-order valence-electron chi connectivity index (χ4n) is 4.95. The van der Waals surface area contributed by atoms with Gasteiger partial charge in [0.1, 0.15) is 5.60 Å². The molecule has 1 fully saturated rings. The Hall–Kier alpha value is -3.14. The van der Waals surface area contributed by atoms with Gasteiger partial charge >= 0.3 is 6.09 Å². The molecule has 2 heterocycles. The summed E-state index contributed by atoms with van der Waals surface area (Å²) in [6.45, 7) is 14.6. The van der Waals surface area contributed by atoms with Crippen LogP contribution in [-0.4, -0.2) is 79.0 Å². The van der Waals surface area contributed by atoms with E-state index in [1.54, 1.807) is 38.7 Å². The van der Waals surface area contributed by atoms with E-state index >= 15 is 0 Å². The Morgan fingerprint density at radius 3 is 2.27 bits per heavy atom. The molecule has 1 saturated heterocycles. The number of aromatic nitrogens is 3. The summed E-state index contributed by atoms with van der Waals surface area (Å²) in [6.07, 6.45) is 1.62. The number of halogens is 2. The van der Waals surface area contributed by atoms with Gasteiger partial charge < -0.3 is 14.5 Å². The van der Waals surface area contributed by atoms with E-state index in [9.17, 15) is 9.59 Å². The molecule has 9 nitrogen and oxygen atoms in total. The van der Waals surface area contributed by atoms with Crippen molar-refractivity contribution in [3.63, 3.8) is 0 Å². The van der Waals surface area contributed by atoms with Crippen molar-refractivity contribution < 1.29 is 14.3 Å². The second-order valence-corrected chi connectivity index (χ2v) is 12.3. The maximum atomic E-state index is 13.2. The van der Waals surface area contributed by atoms with Crippen LogP contribution in [0.1, 0.15) is 63.2 Å². The molecule has 0 saturated carbocycles. The van der Waals surface area contributed by atoms with E-state index in [2.05, 4.69) is 29.1 Å². The minimum absolute atomic E-state index is 0.0714. The first-order chi connectivity index (χ1) is 19.3. The molecule has 2 amide bonds. The summed E-state index contributed by atoms with van der Waals surface area (Å²) in [6, 6.07) is 13.0. The van der Waals surface area contributed by atoms with E-state index in [1.807, 2.05) is 52.1 Å². The monoisotopic (exact) mass is 600 g/mol. The SMILES string of the molecule is CCN(Cc1ccc(Cl)c(Cl)c1)C(=O)c1ccc(-n2cc(CN3[C@H](C)CN(C(=O)OC(C)(C)C)C[C@@H]3C)nn2)cc1. The van der Waals surface area contributed by atoms with Gasteiger partial charge in [-0.05, 0) is 83.5 Å². The van der Waals surface area contributed by atoms with E-state index in [0.717, 1.165) is 16.9 Å². The average molecular weight is 602 g/mol. The number of carbonyl (C=O) groups is 2. The lowest BCUT2D eigenvalue weighted by molar-refractivity contribution is -0.00997. The zero-order valence-corrected chi connectivity index (χ0v) is 26.0. The molecule has 0 spiro atoms. The smallest absolute Gasteiger partial charge is 0.410 e. The number of rotatable bonds is 7. The Bertz CT molecular complexity index is 1360. The highest BCUT2D eigenvalue weighted by atomic mass is 35.5. The van der Waals surface area contributed by atoms with Crippen LogP contribution in [0.25, 0.3) is 5.69 Å². The minimum Gasteiger partial charge on any atom is -0.444 e. The summed E-state index contributed by atoms with van der Waals surface area (Å²) in [4.78, 5) is 31.6. The topological polar surface area (TPSA) is 83.8 Å². The standard InChI is InChI=1S/C30H38Cl2N6O3/c1-7-35(17-22-8-13-26(31)27(32)14-22)28(39)23-9-11-25(12-10-23)38-19-24(33-34-38)18-37-20(2)15-36(16-21(37)3)29(40)41-30(4,5)6/h8-14,19-21H,7,15-18H2,1-6H3/t20-,21+. The number of hydrogen-bond acceptors (Lipinski definition) is 6. The first-order valence-electron chi connectivity index (χ1n) is 13.8. The van der Waals surface area contributed by atoms with Crippen molar-refractivity contribution in [2.45, 2.75) is 72.3 Å². The third-order valence-corrected chi connectivity index (χ3v) is 7.78. The molecule has 2 aromatic carbocycles. The molecule has 11 heteroatoms. The van der Waals surface area contributed by atoms with Gasteiger partial charge in [-0.15, -0.1) is 5.10 Å². The van der Waals surface area contributed by atoms with Crippen molar-refractivity contribution in [1.82, 2.24) is 29.7 Å². The van der Waals surface area contributed by atoms with Crippen LogP contribution in [-0.2, 0) is 17.8 Å². The average Bonchev–Trinajstić information content (AvgIpc) is 3.38. The molecule has 0 radical (unpaired) electrons. The maximum absolute atomic E-state index is 13.2. The van der Waals surface area contributed by atoms with Gasteiger partial charge in [0.2, 0.25) is 0 Å². The number of benzene rings is 2. The Labute approximate surface area is 251 Å². The van der Waals surface area contributed by atoms with Crippen LogP contribution in [0.3, 0.4) is 0 Å². The van der Waals surface area contributed by atoms with Crippen molar-refractivity contribution in [2.24, 2.45) is 0 Å². The molecule has 2 atom stereocenters. The summed E-state index contributed by atoms with van der Waals surface area (Å²) in [5.74, 6) is -0.0714. The van der Waals surface area contributed by atoms with Crippen molar-refractivity contribution in [2.75, 3.05) is 19.6 Å². The van der Waals surface area contributed by atoms with E-state index in [-0.39, 0.29) is 24.1 Å². The molecular formula is C30H38Cl2N6O3. The van der Waals surface area contributed by atoms with Crippen molar-refractivity contribution >= 4 is 35.2 Å². The fraction of sp³-hybridized carbons (Fsp3) is 0.467. The lowest BCUT2D eigenvalue weighted by atomic mass is 10.1. The van der Waals surface area contributed by atoms with E-state index < -0.39 is 5.60 Å². The number of ether oxygens (including phenoxy) is 1. The number of nitrogens with zero attached hydrogens (tertiary/aromatic N) is 6. The van der Waals surface area contributed by atoms with Crippen LogP contribution in [0.4, 0.5) is 4.79 Å². The van der Waals surface area contributed by atoms with Gasteiger partial charge in [-0.3, -0.25) is 9.69 Å². The van der Waals surface area contributed by atoms with Gasteiger partial charge in [0, 0.05) is 50.4 Å². The Balaban J connectivity index is 1.38. The summed E-state index contributed by atoms with van der Waals surface area (Å²) >= 11 is 12.2. The Kier molecular flexibility index (Phi) is 9.62. The molecule has 1 aromatic heterocycles. The number of piperazine rings is 1. The zero-order valence-electron chi connectivity index (χ0n) is 24.5. The molecule has 0 N–H and O–H groups in total. The molecule has 4 rings (SSSR count). The molecule has 1 aliphatic heterocycles. The lowest BCUT2D eigenvalue weighted by Gasteiger charge is -2.44. The van der Waals surface area contributed by atoms with Crippen molar-refractivity contribution in [3.8, 4) is 5.69 Å². The van der Waals surface area contributed by atoms with Crippen LogP contribution in [0, 0.1) is 0 Å². The molecule has 220 valence electrons. The van der Waals surface area contributed by atoms with Gasteiger partial charge in [0.05, 0.1) is 27.6 Å². The van der Waals surface area contributed by atoms with E-state index in [0.29, 0.717) is 48.3 Å². The highest BCUT2D eigenvalue weighted by Gasteiger charge is 2.34. The predicted molar refractivity (Wildman–Crippen MR) is 161 cm³/mol. The summed E-state index contributed by atoms with van der Waals surface area (Å²) in [7, 11) is 0. The molecule has 0 unspecified atom stereocenters. The minimum atomic E-state index is -0.522. The fourth-order valence-corrected chi connectivity index (χ4v) is 5.27. The normalized spacial score (nSPS) is 17.9. The first kappa shape index (κ1) is 30.8. The van der Waals surface area contributed by atoms with Crippen LogP contribution >= 0.6 is 23.2 Å². The lowest BCUT2D eigenvalue weighted by Crippen LogP contribution is -2.58. The van der Waals surface area contributed by atoms with Gasteiger partial charge in [0.15, 0.2) is 0 Å².